The molecule has 0 saturated heterocycles. The highest BCUT2D eigenvalue weighted by atomic mass is 16.5. The number of carboxylic acid groups (broad SMARTS) is 1. The van der Waals surface area contributed by atoms with Crippen LogP contribution in [0.25, 0.3) is 0 Å². The van der Waals surface area contributed by atoms with E-state index in [0.717, 1.165) is 18.9 Å². The maximum atomic E-state index is 11.9. The number of anilines is 1. The van der Waals surface area contributed by atoms with E-state index in [-0.39, 0.29) is 29.0 Å². The van der Waals surface area contributed by atoms with Crippen molar-refractivity contribution < 1.29 is 24.5 Å². The van der Waals surface area contributed by atoms with E-state index in [4.69, 9.17) is 9.84 Å². The fourth-order valence-corrected chi connectivity index (χ4v) is 2.45. The van der Waals surface area contributed by atoms with Crippen molar-refractivity contribution in [2.24, 2.45) is 5.92 Å². The van der Waals surface area contributed by atoms with Gasteiger partial charge in [-0.25, -0.2) is 4.79 Å². The molecule has 0 aliphatic heterocycles. The average Bonchev–Trinajstić information content (AvgIpc) is 2.38. The summed E-state index contributed by atoms with van der Waals surface area (Å²) in [6, 6.07) is 3.85. The lowest BCUT2D eigenvalue weighted by Gasteiger charge is -2.34. The van der Waals surface area contributed by atoms with Crippen molar-refractivity contribution in [2.75, 3.05) is 11.9 Å². The van der Waals surface area contributed by atoms with Gasteiger partial charge < -0.3 is 20.3 Å². The zero-order valence-corrected chi connectivity index (χ0v) is 11.8. The van der Waals surface area contributed by atoms with E-state index in [0.29, 0.717) is 18.9 Å². The summed E-state index contributed by atoms with van der Waals surface area (Å²) in [5.74, 6) is -1.25. The lowest BCUT2D eigenvalue weighted by Crippen LogP contribution is -2.33. The molecule has 6 heteroatoms. The maximum absolute atomic E-state index is 11.9. The molecular formula is C15H19NO5. The van der Waals surface area contributed by atoms with Gasteiger partial charge in [0.1, 0.15) is 5.75 Å². The number of ether oxygens (including phenoxy) is 1. The summed E-state index contributed by atoms with van der Waals surface area (Å²) >= 11 is 0. The highest BCUT2D eigenvalue weighted by Gasteiger charge is 2.31. The molecule has 1 aliphatic carbocycles. The molecule has 0 bridgehead atoms. The lowest BCUT2D eigenvalue weighted by atomic mass is 9.80. The number of nitrogens with one attached hydrogen (secondary N) is 1. The van der Waals surface area contributed by atoms with Crippen molar-refractivity contribution >= 4 is 17.6 Å². The SMILES string of the molecule is CCOC1CC(CC(=O)Nc2ccc(C(=O)O)cc2O)C1. The number of amides is 1. The van der Waals surface area contributed by atoms with Crippen LogP contribution in [-0.4, -0.2) is 34.8 Å². The number of carboxylic acids is 1. The first-order valence-corrected chi connectivity index (χ1v) is 6.97. The largest absolute Gasteiger partial charge is 0.506 e. The minimum absolute atomic E-state index is 0.0240. The molecule has 0 radical (unpaired) electrons. The number of hydrogen-bond acceptors (Lipinski definition) is 4. The molecule has 0 unspecified atom stereocenters. The Morgan fingerprint density at radius 3 is 2.67 bits per heavy atom. The molecule has 1 aromatic carbocycles. The Morgan fingerprint density at radius 1 is 1.38 bits per heavy atom. The first kappa shape index (κ1) is 15.3. The number of rotatable bonds is 6. The molecule has 1 aromatic rings. The molecule has 0 heterocycles. The van der Waals surface area contributed by atoms with Crippen LogP contribution in [0.4, 0.5) is 5.69 Å². The Morgan fingerprint density at radius 2 is 2.10 bits per heavy atom. The third-order valence-electron chi connectivity index (χ3n) is 3.59. The zero-order chi connectivity index (χ0) is 15.4. The highest BCUT2D eigenvalue weighted by molar-refractivity contribution is 5.94. The van der Waals surface area contributed by atoms with Crippen LogP contribution in [0.15, 0.2) is 18.2 Å². The molecule has 0 aromatic heterocycles. The molecule has 1 aliphatic rings. The van der Waals surface area contributed by atoms with Gasteiger partial charge >= 0.3 is 5.97 Å². The molecule has 3 N–H and O–H groups in total. The van der Waals surface area contributed by atoms with Crippen LogP contribution in [-0.2, 0) is 9.53 Å². The van der Waals surface area contributed by atoms with Gasteiger partial charge in [0.25, 0.3) is 0 Å². The van der Waals surface area contributed by atoms with Gasteiger partial charge in [-0.05, 0) is 43.9 Å². The van der Waals surface area contributed by atoms with E-state index >= 15 is 0 Å². The topological polar surface area (TPSA) is 95.9 Å². The minimum Gasteiger partial charge on any atom is -0.506 e. The summed E-state index contributed by atoms with van der Waals surface area (Å²) < 4.78 is 5.44. The van der Waals surface area contributed by atoms with Crippen molar-refractivity contribution in [3.63, 3.8) is 0 Å². The Labute approximate surface area is 122 Å². The van der Waals surface area contributed by atoms with Crippen molar-refractivity contribution in [3.05, 3.63) is 23.8 Å². The van der Waals surface area contributed by atoms with E-state index in [1.165, 1.54) is 12.1 Å². The number of phenolic OH excluding ortho intramolecular Hbond substituents is 1. The van der Waals surface area contributed by atoms with Crippen LogP contribution >= 0.6 is 0 Å². The van der Waals surface area contributed by atoms with Gasteiger partial charge in [-0.3, -0.25) is 4.79 Å². The second kappa shape index (κ2) is 6.58. The first-order chi connectivity index (χ1) is 9.99. The fourth-order valence-electron chi connectivity index (χ4n) is 2.45. The third-order valence-corrected chi connectivity index (χ3v) is 3.59. The molecule has 21 heavy (non-hydrogen) atoms. The quantitative estimate of drug-likeness (QED) is 0.699. The number of aromatic carboxylic acids is 1. The predicted octanol–water partition coefficient (Wildman–Crippen LogP) is 2.23. The standard InChI is InChI=1S/C15H19NO5/c1-2-21-11-5-9(6-11)7-14(18)16-12-4-3-10(15(19)20)8-13(12)17/h3-4,8-9,11,17H,2,5-7H2,1H3,(H,16,18)(H,19,20). The molecule has 1 amide bonds. The number of hydrogen-bond donors (Lipinski definition) is 3. The molecule has 0 atom stereocenters. The second-order valence-electron chi connectivity index (χ2n) is 5.20. The summed E-state index contributed by atoms with van der Waals surface area (Å²) in [6.07, 6.45) is 2.40. The average molecular weight is 293 g/mol. The first-order valence-electron chi connectivity index (χ1n) is 6.97. The summed E-state index contributed by atoms with van der Waals surface area (Å²) in [6.45, 7) is 2.64. The van der Waals surface area contributed by atoms with Crippen LogP contribution in [0.1, 0.15) is 36.5 Å². The van der Waals surface area contributed by atoms with Crippen LogP contribution in [0.3, 0.4) is 0 Å². The second-order valence-corrected chi connectivity index (χ2v) is 5.20. The molecule has 0 spiro atoms. The van der Waals surface area contributed by atoms with Crippen molar-refractivity contribution in [1.29, 1.82) is 0 Å². The monoisotopic (exact) mass is 293 g/mol. The third kappa shape index (κ3) is 3.95. The summed E-state index contributed by atoms with van der Waals surface area (Å²) in [4.78, 5) is 22.6. The summed E-state index contributed by atoms with van der Waals surface area (Å²) in [5, 5.41) is 21.1. The molecule has 1 fully saturated rings. The van der Waals surface area contributed by atoms with Crippen molar-refractivity contribution in [3.8, 4) is 5.75 Å². The van der Waals surface area contributed by atoms with Crippen LogP contribution in [0, 0.1) is 5.92 Å². The Hall–Kier alpha value is -2.08. The van der Waals surface area contributed by atoms with E-state index in [2.05, 4.69) is 5.32 Å². The van der Waals surface area contributed by atoms with Gasteiger partial charge in [-0.1, -0.05) is 0 Å². The van der Waals surface area contributed by atoms with Gasteiger partial charge in [-0.15, -0.1) is 0 Å². The molecule has 1 saturated carbocycles. The fraction of sp³-hybridized carbons (Fsp3) is 0.467. The minimum atomic E-state index is -1.13. The normalized spacial score (nSPS) is 20.6. The van der Waals surface area contributed by atoms with E-state index in [9.17, 15) is 14.7 Å². The van der Waals surface area contributed by atoms with E-state index < -0.39 is 5.97 Å². The highest BCUT2D eigenvalue weighted by Crippen LogP contribution is 2.33. The molecule has 114 valence electrons. The van der Waals surface area contributed by atoms with Crippen molar-refractivity contribution in [2.45, 2.75) is 32.3 Å². The van der Waals surface area contributed by atoms with E-state index in [1.54, 1.807) is 0 Å². The van der Waals surface area contributed by atoms with Crippen LogP contribution < -0.4 is 5.32 Å². The number of phenols is 1. The molecular weight excluding hydrogens is 274 g/mol. The van der Waals surface area contributed by atoms with Crippen LogP contribution in [0.5, 0.6) is 5.75 Å². The van der Waals surface area contributed by atoms with Gasteiger partial charge in [0, 0.05) is 13.0 Å². The number of aromatic hydroxyl groups is 1. The Bertz CT molecular complexity index is 537. The summed E-state index contributed by atoms with van der Waals surface area (Å²) in [5.41, 5.74) is 0.203. The smallest absolute Gasteiger partial charge is 0.335 e. The van der Waals surface area contributed by atoms with Gasteiger partial charge in [-0.2, -0.15) is 0 Å². The van der Waals surface area contributed by atoms with Crippen molar-refractivity contribution in [1.82, 2.24) is 0 Å². The van der Waals surface area contributed by atoms with Gasteiger partial charge in [0.05, 0.1) is 17.4 Å². The number of benzene rings is 1. The maximum Gasteiger partial charge on any atom is 0.335 e. The van der Waals surface area contributed by atoms with Gasteiger partial charge in [0.2, 0.25) is 5.91 Å². The van der Waals surface area contributed by atoms with Crippen LogP contribution in [0.2, 0.25) is 0 Å². The molecule has 2 rings (SSSR count). The number of carbonyl (C=O) groups excluding carboxylic acids is 1. The van der Waals surface area contributed by atoms with E-state index in [1.807, 2.05) is 6.92 Å². The Balaban J connectivity index is 1.85. The zero-order valence-electron chi connectivity index (χ0n) is 11.8. The van der Waals surface area contributed by atoms with Gasteiger partial charge in [0.15, 0.2) is 0 Å². The number of carbonyl (C=O) groups is 2. The summed E-state index contributed by atoms with van der Waals surface area (Å²) in [7, 11) is 0. The predicted molar refractivity (Wildman–Crippen MR) is 76.5 cm³/mol. The lowest BCUT2D eigenvalue weighted by molar-refractivity contribution is -0.119. The Kier molecular flexibility index (Phi) is 4.80. The molecule has 6 nitrogen and oxygen atoms in total.